The fourth-order valence-electron chi connectivity index (χ4n) is 1.63. The van der Waals surface area contributed by atoms with Gasteiger partial charge >= 0.3 is 0 Å². The second-order valence-electron chi connectivity index (χ2n) is 3.87. The summed E-state index contributed by atoms with van der Waals surface area (Å²) in [6.45, 7) is 11.9. The lowest BCUT2D eigenvalue weighted by molar-refractivity contribution is 1.24. The first-order valence-electron chi connectivity index (χ1n) is 5.97. The van der Waals surface area contributed by atoms with Gasteiger partial charge in [0.25, 0.3) is 0 Å². The van der Waals surface area contributed by atoms with E-state index in [4.69, 9.17) is 0 Å². The highest BCUT2D eigenvalue weighted by Crippen LogP contribution is 2.21. The Morgan fingerprint density at radius 1 is 1.18 bits per heavy atom. The van der Waals surface area contributed by atoms with Crippen LogP contribution < -0.4 is 0 Å². The van der Waals surface area contributed by atoms with Crippen LogP contribution >= 0.6 is 0 Å². The van der Waals surface area contributed by atoms with Crippen LogP contribution in [-0.4, -0.2) is 0 Å². The molecule has 0 fully saturated rings. The second-order valence-corrected chi connectivity index (χ2v) is 3.87. The molecule has 0 aliphatic heterocycles. The highest BCUT2D eigenvalue weighted by Gasteiger charge is 1.99. The van der Waals surface area contributed by atoms with Gasteiger partial charge in [-0.25, -0.2) is 0 Å². The minimum atomic E-state index is 0.992. The molecular weight excluding hydrogens is 204 g/mol. The molecule has 0 aromatic heterocycles. The highest BCUT2D eigenvalue weighted by molar-refractivity contribution is 5.75. The van der Waals surface area contributed by atoms with Crippen LogP contribution in [0.5, 0.6) is 0 Å². The van der Waals surface area contributed by atoms with Gasteiger partial charge in [0.1, 0.15) is 0 Å². The summed E-state index contributed by atoms with van der Waals surface area (Å²) >= 11 is 0. The van der Waals surface area contributed by atoms with Gasteiger partial charge in [-0.15, -0.1) is 0 Å². The molecule has 0 bridgehead atoms. The van der Waals surface area contributed by atoms with E-state index in [0.29, 0.717) is 0 Å². The Kier molecular flexibility index (Phi) is 5.22. The van der Waals surface area contributed by atoms with Crippen molar-refractivity contribution in [2.45, 2.75) is 20.3 Å². The SMILES string of the molecule is C=C/C=C\C(=C/C)c1ccc(C(=C)CC)cc1. The molecule has 0 spiro atoms. The monoisotopic (exact) mass is 224 g/mol. The average Bonchev–Trinajstić information content (AvgIpc) is 2.39. The molecule has 0 heterocycles. The average molecular weight is 224 g/mol. The Labute approximate surface area is 105 Å². The van der Waals surface area contributed by atoms with Crippen molar-refractivity contribution < 1.29 is 0 Å². The van der Waals surface area contributed by atoms with Gasteiger partial charge in [0.2, 0.25) is 0 Å². The Balaban J connectivity index is 2.97. The lowest BCUT2D eigenvalue weighted by Gasteiger charge is -2.06. The van der Waals surface area contributed by atoms with Crippen molar-refractivity contribution in [2.75, 3.05) is 0 Å². The predicted molar refractivity (Wildman–Crippen MR) is 78.8 cm³/mol. The molecule has 17 heavy (non-hydrogen) atoms. The molecule has 0 nitrogen and oxygen atoms in total. The first-order chi connectivity index (χ1) is 8.22. The van der Waals surface area contributed by atoms with Crippen LogP contribution in [-0.2, 0) is 0 Å². The number of rotatable bonds is 5. The molecule has 0 atom stereocenters. The van der Waals surface area contributed by atoms with Gasteiger partial charge in [0.15, 0.2) is 0 Å². The third kappa shape index (κ3) is 3.60. The van der Waals surface area contributed by atoms with Gasteiger partial charge in [0, 0.05) is 0 Å². The summed E-state index contributed by atoms with van der Waals surface area (Å²) in [5.74, 6) is 0. The summed E-state index contributed by atoms with van der Waals surface area (Å²) in [5.41, 5.74) is 4.83. The zero-order valence-corrected chi connectivity index (χ0v) is 10.7. The van der Waals surface area contributed by atoms with E-state index in [0.717, 1.165) is 6.42 Å². The summed E-state index contributed by atoms with van der Waals surface area (Å²) in [5, 5.41) is 0. The molecule has 88 valence electrons. The van der Waals surface area contributed by atoms with E-state index in [9.17, 15) is 0 Å². The van der Waals surface area contributed by atoms with Crippen LogP contribution in [0, 0.1) is 0 Å². The fourth-order valence-corrected chi connectivity index (χ4v) is 1.63. The number of hydrogen-bond acceptors (Lipinski definition) is 0. The Morgan fingerprint density at radius 3 is 2.24 bits per heavy atom. The van der Waals surface area contributed by atoms with Crippen molar-refractivity contribution in [3.05, 3.63) is 72.9 Å². The summed E-state index contributed by atoms with van der Waals surface area (Å²) in [4.78, 5) is 0. The van der Waals surface area contributed by atoms with Crippen molar-refractivity contribution >= 4 is 11.1 Å². The van der Waals surface area contributed by atoms with E-state index >= 15 is 0 Å². The minimum Gasteiger partial charge on any atom is -0.0991 e. The molecule has 0 saturated carbocycles. The van der Waals surface area contributed by atoms with E-state index in [1.54, 1.807) is 6.08 Å². The normalized spacial score (nSPS) is 11.8. The fraction of sp³-hybridized carbons (Fsp3) is 0.176. The van der Waals surface area contributed by atoms with Gasteiger partial charge in [-0.1, -0.05) is 68.7 Å². The lowest BCUT2D eigenvalue weighted by atomic mass is 9.99. The van der Waals surface area contributed by atoms with Crippen LogP contribution in [0.4, 0.5) is 0 Å². The van der Waals surface area contributed by atoms with Gasteiger partial charge < -0.3 is 0 Å². The molecular formula is C17H20. The van der Waals surface area contributed by atoms with E-state index < -0.39 is 0 Å². The van der Waals surface area contributed by atoms with E-state index in [1.165, 1.54) is 22.3 Å². The van der Waals surface area contributed by atoms with Crippen molar-refractivity contribution in [1.82, 2.24) is 0 Å². The number of allylic oxidation sites excluding steroid dienone is 6. The molecule has 1 aromatic rings. The molecule has 1 aromatic carbocycles. The Hall–Kier alpha value is -1.82. The molecule has 0 heteroatoms. The van der Waals surface area contributed by atoms with E-state index in [1.807, 2.05) is 13.0 Å². The molecule has 0 aliphatic rings. The zero-order chi connectivity index (χ0) is 12.7. The van der Waals surface area contributed by atoms with Gasteiger partial charge in [0.05, 0.1) is 0 Å². The summed E-state index contributed by atoms with van der Waals surface area (Å²) < 4.78 is 0. The van der Waals surface area contributed by atoms with Crippen LogP contribution in [0.25, 0.3) is 11.1 Å². The highest BCUT2D eigenvalue weighted by atomic mass is 14.0. The summed E-state index contributed by atoms with van der Waals surface area (Å²) in [6.07, 6.45) is 8.90. The van der Waals surface area contributed by atoms with Crippen LogP contribution in [0.1, 0.15) is 31.4 Å². The van der Waals surface area contributed by atoms with Gasteiger partial charge in [-0.05, 0) is 35.6 Å². The quantitative estimate of drug-likeness (QED) is 0.599. The number of benzene rings is 1. The maximum absolute atomic E-state index is 4.05. The summed E-state index contributed by atoms with van der Waals surface area (Å²) in [7, 11) is 0. The second kappa shape index (κ2) is 6.70. The lowest BCUT2D eigenvalue weighted by Crippen LogP contribution is -1.84. The predicted octanol–water partition coefficient (Wildman–Crippen LogP) is 5.26. The van der Waals surface area contributed by atoms with E-state index in [2.05, 4.69) is 56.5 Å². The third-order valence-electron chi connectivity index (χ3n) is 2.78. The largest absolute Gasteiger partial charge is 0.0991 e. The third-order valence-corrected chi connectivity index (χ3v) is 2.78. The van der Waals surface area contributed by atoms with Gasteiger partial charge in [-0.3, -0.25) is 0 Å². The van der Waals surface area contributed by atoms with Crippen molar-refractivity contribution in [3.8, 4) is 0 Å². The molecule has 0 aliphatic carbocycles. The van der Waals surface area contributed by atoms with Crippen molar-refractivity contribution in [3.63, 3.8) is 0 Å². The molecule has 0 N–H and O–H groups in total. The molecule has 0 unspecified atom stereocenters. The Bertz CT molecular complexity index is 441. The van der Waals surface area contributed by atoms with Crippen LogP contribution in [0.15, 0.2) is 61.7 Å². The molecule has 0 radical (unpaired) electrons. The maximum Gasteiger partial charge on any atom is -0.0187 e. The standard InChI is InChI=1S/C17H20/c1-5-8-9-15(7-3)17-12-10-16(11-13-17)14(4)6-2/h5,7-13H,1,4,6H2,2-3H3/b9-8-,15-7+. The number of hydrogen-bond donors (Lipinski definition) is 0. The maximum atomic E-state index is 4.05. The smallest absolute Gasteiger partial charge is 0.0187 e. The summed E-state index contributed by atoms with van der Waals surface area (Å²) in [6, 6.07) is 8.54. The zero-order valence-electron chi connectivity index (χ0n) is 10.7. The van der Waals surface area contributed by atoms with Crippen LogP contribution in [0.3, 0.4) is 0 Å². The Morgan fingerprint density at radius 2 is 1.76 bits per heavy atom. The van der Waals surface area contributed by atoms with Crippen molar-refractivity contribution in [1.29, 1.82) is 0 Å². The van der Waals surface area contributed by atoms with Gasteiger partial charge in [-0.2, -0.15) is 0 Å². The molecule has 0 saturated heterocycles. The topological polar surface area (TPSA) is 0 Å². The molecule has 1 rings (SSSR count). The minimum absolute atomic E-state index is 0.992. The first-order valence-corrected chi connectivity index (χ1v) is 5.97. The van der Waals surface area contributed by atoms with Crippen LogP contribution in [0.2, 0.25) is 0 Å². The van der Waals surface area contributed by atoms with Crippen molar-refractivity contribution in [2.24, 2.45) is 0 Å². The first kappa shape index (κ1) is 13.2. The molecule has 0 amide bonds. The van der Waals surface area contributed by atoms with E-state index in [-0.39, 0.29) is 0 Å².